The number of ether oxygens (including phenoxy) is 1. The van der Waals surface area contributed by atoms with Crippen LogP contribution in [0.25, 0.3) is 0 Å². The summed E-state index contributed by atoms with van der Waals surface area (Å²) in [6, 6.07) is 14.9. The Balaban J connectivity index is 1.78. The van der Waals surface area contributed by atoms with Crippen molar-refractivity contribution in [3.05, 3.63) is 65.2 Å². The maximum Gasteiger partial charge on any atom is 0.326 e. The van der Waals surface area contributed by atoms with Crippen molar-refractivity contribution in [3.8, 4) is 0 Å². The highest BCUT2D eigenvalue weighted by atomic mass is 16.5. The van der Waals surface area contributed by atoms with Gasteiger partial charge >= 0.3 is 5.97 Å². The lowest BCUT2D eigenvalue weighted by Crippen LogP contribution is -2.36. The van der Waals surface area contributed by atoms with E-state index in [0.29, 0.717) is 5.69 Å². The van der Waals surface area contributed by atoms with Crippen molar-refractivity contribution in [2.24, 2.45) is 0 Å². The highest BCUT2D eigenvalue weighted by Gasteiger charge is 2.19. The minimum atomic E-state index is -0.969. The van der Waals surface area contributed by atoms with E-state index in [1.165, 1.54) is 6.92 Å². The number of hydrogen-bond donors (Lipinski definition) is 2. The Kier molecular flexibility index (Phi) is 7.11. The van der Waals surface area contributed by atoms with Crippen LogP contribution in [-0.2, 0) is 25.5 Å². The molecule has 2 amide bonds. The monoisotopic (exact) mass is 368 g/mol. The van der Waals surface area contributed by atoms with E-state index in [9.17, 15) is 14.4 Å². The molecule has 0 saturated heterocycles. The molecule has 2 aromatic carbocycles. The van der Waals surface area contributed by atoms with Crippen LogP contribution in [0.1, 0.15) is 23.6 Å². The molecule has 0 radical (unpaired) electrons. The maximum atomic E-state index is 12.2. The zero-order valence-electron chi connectivity index (χ0n) is 15.7. The molecule has 0 saturated carbocycles. The molecule has 0 aliphatic carbocycles. The van der Waals surface area contributed by atoms with Crippen molar-refractivity contribution in [3.63, 3.8) is 0 Å². The molecule has 2 N–H and O–H groups in total. The molecule has 2 rings (SSSR count). The van der Waals surface area contributed by atoms with Gasteiger partial charge in [-0.15, -0.1) is 0 Å². The first-order chi connectivity index (χ1) is 12.8. The van der Waals surface area contributed by atoms with Crippen LogP contribution in [0.3, 0.4) is 0 Å². The van der Waals surface area contributed by atoms with Crippen molar-refractivity contribution in [1.29, 1.82) is 0 Å². The van der Waals surface area contributed by atoms with Crippen LogP contribution in [-0.4, -0.2) is 30.4 Å². The van der Waals surface area contributed by atoms with E-state index < -0.39 is 18.0 Å². The zero-order chi connectivity index (χ0) is 19.8. The molecule has 0 bridgehead atoms. The van der Waals surface area contributed by atoms with E-state index in [1.54, 1.807) is 0 Å². The molecule has 0 aliphatic heterocycles. The third-order valence-corrected chi connectivity index (χ3v) is 3.97. The Labute approximate surface area is 158 Å². The van der Waals surface area contributed by atoms with Gasteiger partial charge in [0.15, 0.2) is 6.10 Å². The topological polar surface area (TPSA) is 84.5 Å². The molecular formula is C21H24N2O4. The second kappa shape index (κ2) is 9.52. The molecule has 0 spiro atoms. The fraction of sp³-hybridized carbons (Fsp3) is 0.286. The SMILES string of the molecule is Cc1ccc(C)c(NC(=O)[C@@H](C)OC(=O)CNC(=O)Cc2ccccc2)c1. The highest BCUT2D eigenvalue weighted by molar-refractivity contribution is 5.96. The van der Waals surface area contributed by atoms with Crippen LogP contribution in [0, 0.1) is 13.8 Å². The Morgan fingerprint density at radius 3 is 2.44 bits per heavy atom. The summed E-state index contributed by atoms with van der Waals surface area (Å²) in [6.45, 7) is 5.02. The van der Waals surface area contributed by atoms with Crippen molar-refractivity contribution >= 4 is 23.5 Å². The minimum Gasteiger partial charge on any atom is -0.451 e. The van der Waals surface area contributed by atoms with Crippen LogP contribution in [0.2, 0.25) is 0 Å². The molecule has 6 nitrogen and oxygen atoms in total. The standard InChI is InChI=1S/C21H24N2O4/c1-14-9-10-15(2)18(11-14)23-21(26)16(3)27-20(25)13-22-19(24)12-17-7-5-4-6-8-17/h4-11,16H,12-13H2,1-3H3,(H,22,24)(H,23,26)/t16-/m1/s1. The normalized spacial score (nSPS) is 11.4. The lowest BCUT2D eigenvalue weighted by Gasteiger charge is -2.15. The molecular weight excluding hydrogens is 344 g/mol. The lowest BCUT2D eigenvalue weighted by atomic mass is 10.1. The van der Waals surface area contributed by atoms with Crippen molar-refractivity contribution in [2.45, 2.75) is 33.3 Å². The maximum absolute atomic E-state index is 12.2. The van der Waals surface area contributed by atoms with E-state index in [2.05, 4.69) is 10.6 Å². The van der Waals surface area contributed by atoms with E-state index in [4.69, 9.17) is 4.74 Å². The number of rotatable bonds is 7. The summed E-state index contributed by atoms with van der Waals surface area (Å²) >= 11 is 0. The van der Waals surface area contributed by atoms with Gasteiger partial charge in [-0.1, -0.05) is 42.5 Å². The van der Waals surface area contributed by atoms with Gasteiger partial charge in [0.05, 0.1) is 6.42 Å². The molecule has 0 fully saturated rings. The summed E-state index contributed by atoms with van der Waals surface area (Å²) in [4.78, 5) is 35.9. The molecule has 27 heavy (non-hydrogen) atoms. The summed E-state index contributed by atoms with van der Waals surface area (Å²) < 4.78 is 5.09. The number of amides is 2. The van der Waals surface area contributed by atoms with Crippen LogP contribution in [0.15, 0.2) is 48.5 Å². The van der Waals surface area contributed by atoms with Crippen molar-refractivity contribution in [1.82, 2.24) is 5.32 Å². The number of nitrogens with one attached hydrogen (secondary N) is 2. The van der Waals surface area contributed by atoms with Crippen LogP contribution < -0.4 is 10.6 Å². The van der Waals surface area contributed by atoms with Gasteiger partial charge in [0.25, 0.3) is 5.91 Å². The quantitative estimate of drug-likeness (QED) is 0.736. The third-order valence-electron chi connectivity index (χ3n) is 3.97. The molecule has 0 unspecified atom stereocenters. The number of benzene rings is 2. The predicted molar refractivity (Wildman–Crippen MR) is 103 cm³/mol. The van der Waals surface area contributed by atoms with Gasteiger partial charge in [-0.05, 0) is 43.5 Å². The first-order valence-electron chi connectivity index (χ1n) is 8.73. The summed E-state index contributed by atoms with van der Waals surface area (Å²) in [7, 11) is 0. The number of esters is 1. The van der Waals surface area contributed by atoms with Crippen molar-refractivity contribution < 1.29 is 19.1 Å². The minimum absolute atomic E-state index is 0.177. The van der Waals surface area contributed by atoms with Crippen LogP contribution >= 0.6 is 0 Å². The molecule has 0 aliphatic rings. The van der Waals surface area contributed by atoms with Gasteiger partial charge < -0.3 is 15.4 Å². The number of aryl methyl sites for hydroxylation is 2. The van der Waals surface area contributed by atoms with Crippen LogP contribution in [0.5, 0.6) is 0 Å². The summed E-state index contributed by atoms with van der Waals surface area (Å²) in [5.41, 5.74) is 3.46. The Morgan fingerprint density at radius 2 is 1.74 bits per heavy atom. The average molecular weight is 368 g/mol. The summed E-state index contributed by atoms with van der Waals surface area (Å²) in [5, 5.41) is 5.25. The third kappa shape index (κ3) is 6.58. The summed E-state index contributed by atoms with van der Waals surface area (Å²) in [5.74, 6) is -1.38. The largest absolute Gasteiger partial charge is 0.451 e. The molecule has 0 heterocycles. The van der Waals surface area contributed by atoms with Gasteiger partial charge in [-0.3, -0.25) is 14.4 Å². The second-order valence-electron chi connectivity index (χ2n) is 6.38. The van der Waals surface area contributed by atoms with Crippen molar-refractivity contribution in [2.75, 3.05) is 11.9 Å². The van der Waals surface area contributed by atoms with E-state index >= 15 is 0 Å². The van der Waals surface area contributed by atoms with E-state index in [-0.39, 0.29) is 18.9 Å². The van der Waals surface area contributed by atoms with Gasteiger partial charge in [0.1, 0.15) is 6.54 Å². The molecule has 6 heteroatoms. The Morgan fingerprint density at radius 1 is 1.04 bits per heavy atom. The van der Waals surface area contributed by atoms with Gasteiger partial charge in [-0.2, -0.15) is 0 Å². The first-order valence-corrected chi connectivity index (χ1v) is 8.73. The second-order valence-corrected chi connectivity index (χ2v) is 6.38. The fourth-order valence-corrected chi connectivity index (χ4v) is 2.41. The number of anilines is 1. The Bertz CT molecular complexity index is 818. The van der Waals surface area contributed by atoms with Crippen LogP contribution in [0.4, 0.5) is 5.69 Å². The molecule has 2 aromatic rings. The molecule has 1 atom stereocenters. The molecule has 142 valence electrons. The highest BCUT2D eigenvalue weighted by Crippen LogP contribution is 2.16. The first kappa shape index (κ1) is 20.2. The molecule has 0 aromatic heterocycles. The number of carbonyl (C=O) groups excluding carboxylic acids is 3. The van der Waals surface area contributed by atoms with Gasteiger partial charge in [0, 0.05) is 5.69 Å². The lowest BCUT2D eigenvalue weighted by molar-refractivity contribution is -0.152. The fourth-order valence-electron chi connectivity index (χ4n) is 2.41. The zero-order valence-corrected chi connectivity index (χ0v) is 15.7. The average Bonchev–Trinajstić information content (AvgIpc) is 2.64. The predicted octanol–water partition coefficient (Wildman–Crippen LogP) is 2.53. The van der Waals surface area contributed by atoms with Gasteiger partial charge in [-0.25, -0.2) is 0 Å². The van der Waals surface area contributed by atoms with Gasteiger partial charge in [0.2, 0.25) is 5.91 Å². The Hall–Kier alpha value is -3.15. The number of carbonyl (C=O) groups is 3. The number of hydrogen-bond acceptors (Lipinski definition) is 4. The summed E-state index contributed by atoms with van der Waals surface area (Å²) in [6.07, 6.45) is -0.792. The van der Waals surface area contributed by atoms with E-state index in [0.717, 1.165) is 16.7 Å². The smallest absolute Gasteiger partial charge is 0.326 e. The van der Waals surface area contributed by atoms with E-state index in [1.807, 2.05) is 62.4 Å².